The Bertz CT molecular complexity index is 388. The first kappa shape index (κ1) is 15.2. The molecule has 20 heavy (non-hydrogen) atoms. The highest BCUT2D eigenvalue weighted by molar-refractivity contribution is 5.25. The van der Waals surface area contributed by atoms with Crippen molar-refractivity contribution in [3.63, 3.8) is 0 Å². The molecule has 1 saturated heterocycles. The molecule has 0 bridgehead atoms. The van der Waals surface area contributed by atoms with Gasteiger partial charge in [-0.05, 0) is 12.5 Å². The predicted molar refractivity (Wildman–Crippen MR) is 76.6 cm³/mol. The number of rotatable bonds is 7. The van der Waals surface area contributed by atoms with Crippen molar-refractivity contribution in [3.8, 4) is 0 Å². The number of hydrogen-bond acceptors (Lipinski definition) is 7. The van der Waals surface area contributed by atoms with Crippen molar-refractivity contribution in [3.05, 3.63) is 5.89 Å². The molecular weight excluding hydrogens is 258 g/mol. The van der Waals surface area contributed by atoms with E-state index in [0.29, 0.717) is 24.4 Å². The van der Waals surface area contributed by atoms with Crippen molar-refractivity contribution in [1.29, 1.82) is 0 Å². The monoisotopic (exact) mass is 283 g/mol. The fourth-order valence-corrected chi connectivity index (χ4v) is 2.22. The van der Waals surface area contributed by atoms with Gasteiger partial charge in [0.2, 0.25) is 5.89 Å². The highest BCUT2D eigenvalue weighted by Crippen LogP contribution is 2.14. The SMILES string of the molecule is CC(C)CNCc1nnc(N2CCN(CCO)CC2)o1. The zero-order valence-electron chi connectivity index (χ0n) is 12.4. The average molecular weight is 283 g/mol. The molecule has 2 heterocycles. The van der Waals surface area contributed by atoms with Crippen LogP contribution in [0.25, 0.3) is 0 Å². The maximum Gasteiger partial charge on any atom is 0.318 e. The fourth-order valence-electron chi connectivity index (χ4n) is 2.22. The number of aromatic nitrogens is 2. The van der Waals surface area contributed by atoms with E-state index in [-0.39, 0.29) is 6.61 Å². The van der Waals surface area contributed by atoms with E-state index in [4.69, 9.17) is 9.52 Å². The van der Waals surface area contributed by atoms with Crippen molar-refractivity contribution < 1.29 is 9.52 Å². The number of aliphatic hydroxyl groups excluding tert-OH is 1. The third-order valence-corrected chi connectivity index (χ3v) is 3.34. The first-order valence-corrected chi connectivity index (χ1v) is 7.30. The van der Waals surface area contributed by atoms with E-state index >= 15 is 0 Å². The summed E-state index contributed by atoms with van der Waals surface area (Å²) in [4.78, 5) is 4.34. The molecule has 7 nitrogen and oxygen atoms in total. The molecule has 2 rings (SSSR count). The van der Waals surface area contributed by atoms with Gasteiger partial charge in [-0.1, -0.05) is 18.9 Å². The van der Waals surface area contributed by atoms with Crippen LogP contribution in [0.3, 0.4) is 0 Å². The van der Waals surface area contributed by atoms with Gasteiger partial charge in [-0.25, -0.2) is 0 Å². The predicted octanol–water partition coefficient (Wildman–Crippen LogP) is -0.0705. The lowest BCUT2D eigenvalue weighted by Gasteiger charge is -2.33. The van der Waals surface area contributed by atoms with Crippen LogP contribution >= 0.6 is 0 Å². The molecule has 0 amide bonds. The number of aliphatic hydroxyl groups is 1. The Labute approximate surface area is 120 Å². The number of β-amino-alcohol motifs (C(OH)–C–C–N with tert-alkyl or cyclic N) is 1. The van der Waals surface area contributed by atoms with Crippen LogP contribution in [0.5, 0.6) is 0 Å². The molecule has 1 aliphatic rings. The van der Waals surface area contributed by atoms with Gasteiger partial charge in [-0.3, -0.25) is 4.90 Å². The van der Waals surface area contributed by atoms with Crippen molar-refractivity contribution in [1.82, 2.24) is 20.4 Å². The van der Waals surface area contributed by atoms with E-state index in [2.05, 4.69) is 39.2 Å². The quantitative estimate of drug-likeness (QED) is 0.725. The molecule has 0 unspecified atom stereocenters. The summed E-state index contributed by atoms with van der Waals surface area (Å²) in [5, 5.41) is 20.4. The summed E-state index contributed by atoms with van der Waals surface area (Å²) in [5.74, 6) is 1.25. The standard InChI is InChI=1S/C13H25N5O2/c1-11(2)9-14-10-12-15-16-13(20-12)18-5-3-17(4-6-18)7-8-19/h11,14,19H,3-10H2,1-2H3. The smallest absolute Gasteiger partial charge is 0.318 e. The van der Waals surface area contributed by atoms with E-state index in [1.165, 1.54) is 0 Å². The van der Waals surface area contributed by atoms with Crippen LogP contribution in [0.4, 0.5) is 6.01 Å². The van der Waals surface area contributed by atoms with Crippen molar-refractivity contribution in [2.75, 3.05) is 50.8 Å². The zero-order chi connectivity index (χ0) is 14.4. The molecule has 1 fully saturated rings. The lowest BCUT2D eigenvalue weighted by atomic mass is 10.2. The van der Waals surface area contributed by atoms with E-state index in [1.54, 1.807) is 0 Å². The molecule has 0 aromatic carbocycles. The van der Waals surface area contributed by atoms with Crippen LogP contribution in [-0.4, -0.2) is 66.1 Å². The molecule has 114 valence electrons. The van der Waals surface area contributed by atoms with Gasteiger partial charge in [-0.2, -0.15) is 0 Å². The lowest BCUT2D eigenvalue weighted by Crippen LogP contribution is -2.47. The largest absolute Gasteiger partial charge is 0.407 e. The third kappa shape index (κ3) is 4.43. The van der Waals surface area contributed by atoms with E-state index in [0.717, 1.165) is 39.3 Å². The van der Waals surface area contributed by atoms with Crippen LogP contribution in [0.1, 0.15) is 19.7 Å². The summed E-state index contributed by atoms with van der Waals surface area (Å²) in [7, 11) is 0. The maximum absolute atomic E-state index is 8.92. The summed E-state index contributed by atoms with van der Waals surface area (Å²) < 4.78 is 5.67. The average Bonchev–Trinajstić information content (AvgIpc) is 2.88. The van der Waals surface area contributed by atoms with E-state index < -0.39 is 0 Å². The molecule has 1 aromatic rings. The van der Waals surface area contributed by atoms with Crippen LogP contribution in [0.15, 0.2) is 4.42 Å². The van der Waals surface area contributed by atoms with Crippen LogP contribution in [0.2, 0.25) is 0 Å². The minimum Gasteiger partial charge on any atom is -0.407 e. The van der Waals surface area contributed by atoms with Gasteiger partial charge >= 0.3 is 6.01 Å². The van der Waals surface area contributed by atoms with Gasteiger partial charge in [0.05, 0.1) is 13.2 Å². The number of nitrogens with zero attached hydrogens (tertiary/aromatic N) is 4. The third-order valence-electron chi connectivity index (χ3n) is 3.34. The van der Waals surface area contributed by atoms with Crippen molar-refractivity contribution >= 4 is 6.01 Å². The Balaban J connectivity index is 1.78. The number of hydrogen-bond donors (Lipinski definition) is 2. The summed E-state index contributed by atoms with van der Waals surface area (Å²) in [5.41, 5.74) is 0. The topological polar surface area (TPSA) is 77.7 Å². The zero-order valence-corrected chi connectivity index (χ0v) is 12.4. The number of piperazine rings is 1. The minimum absolute atomic E-state index is 0.215. The van der Waals surface area contributed by atoms with Gasteiger partial charge in [0.1, 0.15) is 0 Å². The molecule has 0 aliphatic carbocycles. The molecule has 0 saturated carbocycles. The van der Waals surface area contributed by atoms with Crippen molar-refractivity contribution in [2.45, 2.75) is 20.4 Å². The van der Waals surface area contributed by atoms with E-state index in [1.807, 2.05) is 0 Å². The van der Waals surface area contributed by atoms with Gasteiger partial charge < -0.3 is 19.7 Å². The van der Waals surface area contributed by atoms with Gasteiger partial charge in [0, 0.05) is 32.7 Å². The first-order valence-electron chi connectivity index (χ1n) is 7.30. The summed E-state index contributed by atoms with van der Waals surface area (Å²) in [6.07, 6.45) is 0. The fraction of sp³-hybridized carbons (Fsp3) is 0.846. The molecule has 1 aromatic heterocycles. The molecule has 0 radical (unpaired) electrons. The Morgan fingerprint density at radius 2 is 2.00 bits per heavy atom. The lowest BCUT2D eigenvalue weighted by molar-refractivity contribution is 0.187. The minimum atomic E-state index is 0.215. The molecule has 0 spiro atoms. The van der Waals surface area contributed by atoms with Gasteiger partial charge in [-0.15, -0.1) is 5.10 Å². The second-order valence-electron chi connectivity index (χ2n) is 5.56. The summed E-state index contributed by atoms with van der Waals surface area (Å²) in [6.45, 7) is 10.4. The number of anilines is 1. The molecule has 7 heteroatoms. The molecule has 2 N–H and O–H groups in total. The molecule has 0 atom stereocenters. The van der Waals surface area contributed by atoms with Crippen LogP contribution in [-0.2, 0) is 6.54 Å². The Kier molecular flexibility index (Phi) is 5.75. The highest BCUT2D eigenvalue weighted by Gasteiger charge is 2.20. The van der Waals surface area contributed by atoms with E-state index in [9.17, 15) is 0 Å². The second-order valence-corrected chi connectivity index (χ2v) is 5.56. The highest BCUT2D eigenvalue weighted by atomic mass is 16.4. The van der Waals surface area contributed by atoms with Gasteiger partial charge in [0.25, 0.3) is 0 Å². The summed E-state index contributed by atoms with van der Waals surface area (Å²) >= 11 is 0. The van der Waals surface area contributed by atoms with Crippen LogP contribution < -0.4 is 10.2 Å². The second kappa shape index (κ2) is 7.56. The molecule has 1 aliphatic heterocycles. The van der Waals surface area contributed by atoms with Crippen LogP contribution in [0, 0.1) is 5.92 Å². The molecular formula is C13H25N5O2. The Hall–Kier alpha value is -1.18. The normalized spacial score (nSPS) is 17.1. The number of nitrogens with one attached hydrogen (secondary N) is 1. The Morgan fingerprint density at radius 3 is 2.65 bits per heavy atom. The van der Waals surface area contributed by atoms with Gasteiger partial charge in [0.15, 0.2) is 0 Å². The summed E-state index contributed by atoms with van der Waals surface area (Å²) in [6, 6.07) is 0.606. The first-order chi connectivity index (χ1) is 9.69. The Morgan fingerprint density at radius 1 is 1.25 bits per heavy atom. The maximum atomic E-state index is 8.92. The van der Waals surface area contributed by atoms with Crippen molar-refractivity contribution in [2.24, 2.45) is 5.92 Å².